The van der Waals surface area contributed by atoms with E-state index in [1.54, 1.807) is 0 Å². The van der Waals surface area contributed by atoms with Crippen molar-refractivity contribution in [3.05, 3.63) is 82.3 Å². The number of ether oxygens (including phenoxy) is 1. The van der Waals surface area contributed by atoms with Gasteiger partial charge in [0.2, 0.25) is 5.91 Å². The molecule has 4 aliphatic heterocycles. The number of carbonyl (C=O) groups is 1. The molecule has 2 saturated carbocycles. The number of carbonyl (C=O) groups excluding carboxylic acids is 1. The van der Waals surface area contributed by atoms with Crippen LogP contribution in [0.1, 0.15) is 190 Å². The van der Waals surface area contributed by atoms with Gasteiger partial charge in [-0.05, 0) is 160 Å². The van der Waals surface area contributed by atoms with E-state index in [4.69, 9.17) is 21.3 Å². The lowest BCUT2D eigenvalue weighted by molar-refractivity contribution is -0.162. The van der Waals surface area contributed by atoms with Gasteiger partial charge in [0, 0.05) is 169 Å². The van der Waals surface area contributed by atoms with Crippen molar-refractivity contribution < 1.29 is 22.7 Å². The van der Waals surface area contributed by atoms with Gasteiger partial charge in [-0.3, -0.25) is 14.7 Å². The number of nitrogens with zero attached hydrogens (tertiary/aromatic N) is 6. The molecule has 0 aromatic heterocycles. The van der Waals surface area contributed by atoms with Gasteiger partial charge < -0.3 is 56.2 Å². The summed E-state index contributed by atoms with van der Waals surface area (Å²) < 4.78 is 47.2. The Bertz CT molecular complexity index is 2450. The lowest BCUT2D eigenvalue weighted by atomic mass is 9.74. The molecule has 5 unspecified atom stereocenters. The van der Waals surface area contributed by atoms with E-state index < -0.39 is 11.7 Å². The molecule has 6 N–H and O–H groups in total. The molecule has 1 amide bonds. The lowest BCUT2D eigenvalue weighted by Crippen LogP contribution is -2.76. The fourth-order valence-corrected chi connectivity index (χ4v) is 15.8. The number of halogens is 4. The number of hydrogen-bond donors (Lipinski definition) is 6. The molecule has 3 saturated heterocycles. The van der Waals surface area contributed by atoms with Crippen LogP contribution >= 0.6 is 11.6 Å². The van der Waals surface area contributed by atoms with Crippen LogP contribution in [0.15, 0.2) is 71.2 Å². The summed E-state index contributed by atoms with van der Waals surface area (Å²) in [5.74, 6) is 1.88. The number of aliphatic imine (C=N–C) groups is 1. The fraction of sp³-hybridized carbons (Fsp3) is 0.775. The second-order valence-electron chi connectivity index (χ2n) is 28.2. The largest absolute Gasteiger partial charge is 0.417 e. The number of likely N-dealkylation sites (N-methyl/N-ethyl adjacent to an activating group) is 1. The number of aryl methyl sites for hydroxylation is 1. The number of piperidine rings is 1. The molecular formula is C71H120ClF3N12O2. The number of amides is 1. The second kappa shape index (κ2) is 35.6. The maximum absolute atomic E-state index is 14.9. The molecule has 0 radical (unpaired) electrons. The van der Waals surface area contributed by atoms with Crippen LogP contribution in [0.4, 0.5) is 13.2 Å². The van der Waals surface area contributed by atoms with Crippen molar-refractivity contribution in [2.75, 3.05) is 79.7 Å². The highest BCUT2D eigenvalue weighted by atomic mass is 35.5. The third-order valence-corrected chi connectivity index (χ3v) is 21.3. The number of rotatable bonds is 13. The van der Waals surface area contributed by atoms with Crippen LogP contribution in [0.5, 0.6) is 0 Å². The molecule has 1 spiro atoms. The molecule has 14 nitrogen and oxygen atoms in total. The molecule has 2 aliphatic carbocycles. The van der Waals surface area contributed by atoms with E-state index in [1.165, 1.54) is 62.8 Å². The summed E-state index contributed by atoms with van der Waals surface area (Å²) in [5, 5.41) is 24.0. The molecule has 1 aromatic rings. The minimum atomic E-state index is -4.52. The second-order valence-corrected chi connectivity index (χ2v) is 28.6. The van der Waals surface area contributed by atoms with Gasteiger partial charge in [-0.15, -0.1) is 0 Å². The van der Waals surface area contributed by atoms with Crippen molar-refractivity contribution >= 4 is 23.7 Å². The normalized spacial score (nSPS) is 29.9. The fourth-order valence-electron chi connectivity index (χ4n) is 15.5. The number of fused-ring (bicyclic) bond motifs is 2. The van der Waals surface area contributed by atoms with Crippen LogP contribution in [-0.4, -0.2) is 176 Å². The zero-order valence-corrected chi connectivity index (χ0v) is 57.8. The van der Waals surface area contributed by atoms with Crippen LogP contribution in [0.2, 0.25) is 5.02 Å². The molecule has 6 aliphatic rings. The van der Waals surface area contributed by atoms with Crippen molar-refractivity contribution in [2.45, 2.75) is 251 Å². The van der Waals surface area contributed by atoms with Gasteiger partial charge in [0.15, 0.2) is 0 Å². The number of hydrogen-bond acceptors (Lipinski definition) is 13. The smallest absolute Gasteiger partial charge is 0.375 e. The quantitative estimate of drug-likeness (QED) is 0.105. The summed E-state index contributed by atoms with van der Waals surface area (Å²) in [6.45, 7) is 31.2. The zero-order valence-electron chi connectivity index (χ0n) is 57.0. The van der Waals surface area contributed by atoms with E-state index in [2.05, 4.69) is 140 Å². The van der Waals surface area contributed by atoms with Crippen LogP contribution in [-0.2, 0) is 22.1 Å². The Morgan fingerprint density at radius 3 is 2.29 bits per heavy atom. The van der Waals surface area contributed by atoms with Crippen LogP contribution in [0, 0.1) is 23.7 Å². The first-order chi connectivity index (χ1) is 42.6. The highest BCUT2D eigenvalue weighted by molar-refractivity contribution is 6.31. The molecule has 7 rings (SSSR count). The zero-order chi connectivity index (χ0) is 64.3. The van der Waals surface area contributed by atoms with Crippen LogP contribution in [0.25, 0.3) is 0 Å². The van der Waals surface area contributed by atoms with Gasteiger partial charge in [-0.2, -0.15) is 13.2 Å². The topological polar surface area (TPSA) is 127 Å². The summed E-state index contributed by atoms with van der Waals surface area (Å²) in [6.07, 6.45) is 26.8. The van der Waals surface area contributed by atoms with Gasteiger partial charge in [0.05, 0.1) is 35.4 Å². The van der Waals surface area contributed by atoms with Crippen molar-refractivity contribution in [1.82, 2.24) is 56.4 Å². The lowest BCUT2D eigenvalue weighted by Gasteiger charge is -2.60. The maximum atomic E-state index is 14.9. The van der Waals surface area contributed by atoms with Gasteiger partial charge in [0.1, 0.15) is 0 Å². The summed E-state index contributed by atoms with van der Waals surface area (Å²) in [6, 6.07) is 6.02. The average molecular weight is 1270 g/mol. The first kappa shape index (κ1) is 72.7. The van der Waals surface area contributed by atoms with Crippen LogP contribution < -0.4 is 31.9 Å². The summed E-state index contributed by atoms with van der Waals surface area (Å²) in [4.78, 5) is 31.7. The Labute approximate surface area is 541 Å². The van der Waals surface area contributed by atoms with E-state index in [9.17, 15) is 18.0 Å². The SMILES string of the molecule is CCCOCC1=CN(C)C=CNC(CCc2ccc(C(F)(F)F)c(Cl)c2)=CC=NCCNCC2(CCCC2)NC(C)[C@H](C2CCCC2)N2C(C)[C@H](C(=O)N3CCCCC3)C2CNC(C)[C@H](CC(C)C)NC[C@H]([C@@H](C)CC)NC(C)[C@H](C)N2CCCC2=CN1C. The maximum Gasteiger partial charge on any atom is 0.417 e. The minimum Gasteiger partial charge on any atom is -0.375 e. The van der Waals surface area contributed by atoms with Crippen LogP contribution in [0.3, 0.4) is 0 Å². The molecule has 89 heavy (non-hydrogen) atoms. The number of nitrogens with one attached hydrogen (secondary N) is 6. The molecule has 0 bridgehead atoms. The first-order valence-electron chi connectivity index (χ1n) is 35.1. The Hall–Kier alpha value is -3.68. The molecular weight excluding hydrogens is 1150 g/mol. The Morgan fingerprint density at radius 2 is 1.61 bits per heavy atom. The highest BCUT2D eigenvalue weighted by Gasteiger charge is 2.56. The summed E-state index contributed by atoms with van der Waals surface area (Å²) >= 11 is 6.19. The van der Waals surface area contributed by atoms with E-state index in [-0.39, 0.29) is 64.8 Å². The van der Waals surface area contributed by atoms with Crippen molar-refractivity contribution in [3.63, 3.8) is 0 Å². The Kier molecular flexibility index (Phi) is 29.1. The van der Waals surface area contributed by atoms with E-state index in [0.29, 0.717) is 62.3 Å². The van der Waals surface area contributed by atoms with Crippen molar-refractivity contribution in [3.8, 4) is 0 Å². The first-order valence-corrected chi connectivity index (χ1v) is 35.5. The monoisotopic (exact) mass is 1260 g/mol. The van der Waals surface area contributed by atoms with E-state index >= 15 is 0 Å². The minimum absolute atomic E-state index is 0.0370. The standard InChI is InChI=1S/C71H120ClF3N12O2/c1-13-41-89-48-61-46-83(11)40-36-78-59(28-26-57-27-29-62(63(72)43-57)71(73,74)75)30-33-76-34-35-77-49-70(31-18-19-32-70)82-54(8)68(58-23-16-17-24-58)87-56(10)67(69(88)85-37-20-15-21-38-85)66(87)45-79-53(7)64(42-50(3)4)80-44-65(51(5)14-2)81-52(6)55(9)86-39-22-25-60(86)47-84(61)12/h27,29-30,33,36,40,43,46-47,50-56,58,64-68,77-82H,13-26,28,31-32,34-35,37-39,41-42,44-45,48-49H2,1-12H3/t51-,52?,53?,54?,55-,56?,64-,65+,66?,67-,68+/m0/s1. The summed E-state index contributed by atoms with van der Waals surface area (Å²) in [7, 11) is 4.13. The van der Waals surface area contributed by atoms with Crippen molar-refractivity contribution in [2.24, 2.45) is 28.7 Å². The van der Waals surface area contributed by atoms with Gasteiger partial charge >= 0.3 is 6.18 Å². The molecule has 18 heteroatoms. The van der Waals surface area contributed by atoms with E-state index in [1.807, 2.05) is 36.6 Å². The number of allylic oxidation sites excluding steroid dienone is 3. The van der Waals surface area contributed by atoms with Gasteiger partial charge in [-0.1, -0.05) is 84.4 Å². The molecule has 5 fully saturated rings. The third-order valence-electron chi connectivity index (χ3n) is 21.0. The van der Waals surface area contributed by atoms with E-state index in [0.717, 1.165) is 127 Å². The number of likely N-dealkylation sites (tertiary alicyclic amines) is 1. The van der Waals surface area contributed by atoms with Gasteiger partial charge in [-0.25, -0.2) is 0 Å². The predicted octanol–water partition coefficient (Wildman–Crippen LogP) is 12.3. The average Bonchev–Trinajstić information content (AvgIpc) is 1.02. The molecule has 504 valence electrons. The predicted molar refractivity (Wildman–Crippen MR) is 363 cm³/mol. The molecule has 11 atom stereocenters. The molecule has 4 heterocycles. The van der Waals surface area contributed by atoms with Crippen molar-refractivity contribution in [1.29, 1.82) is 0 Å². The summed E-state index contributed by atoms with van der Waals surface area (Å²) in [5.41, 5.74) is 3.05. The highest BCUT2D eigenvalue weighted by Crippen LogP contribution is 2.44. The number of alkyl halides is 3. The molecule has 1 aromatic carbocycles. The van der Waals surface area contributed by atoms with Gasteiger partial charge in [0.25, 0.3) is 0 Å². The Morgan fingerprint density at radius 1 is 0.865 bits per heavy atom. The third kappa shape index (κ3) is 20.9. The Balaban J connectivity index is 1.19. The number of benzene rings is 1.